The van der Waals surface area contributed by atoms with Gasteiger partial charge < -0.3 is 9.47 Å². The van der Waals surface area contributed by atoms with E-state index in [-0.39, 0.29) is 0 Å². The molecule has 10 aromatic carbocycles. The minimum atomic E-state index is 1.10. The number of fused-ring (bicyclic) bond motifs is 9. The summed E-state index contributed by atoms with van der Waals surface area (Å²) in [4.78, 5) is 2.46. The average Bonchev–Trinajstić information content (AvgIpc) is 3.59. The standard InChI is InChI=1S/C52H34N2/c1-2-16-41(17-3-1)54-50-22-9-8-20-47(50)48-21-11-23-51(52(48)54)53(42-18-10-15-39(33-42)40-25-24-35-12-4-5-14-38(35)32-40)43-29-26-37-28-30-45-44-19-7-6-13-36(44)27-31-46(45)49(37)34-43/h1-34H. The fraction of sp³-hybridized carbons (Fsp3) is 0. The van der Waals surface area contributed by atoms with Crippen molar-refractivity contribution >= 4 is 82.0 Å². The molecule has 0 saturated carbocycles. The van der Waals surface area contributed by atoms with Gasteiger partial charge >= 0.3 is 0 Å². The van der Waals surface area contributed by atoms with Gasteiger partial charge in [0, 0.05) is 27.8 Å². The van der Waals surface area contributed by atoms with Gasteiger partial charge in [0.1, 0.15) is 0 Å². The molecule has 11 rings (SSSR count). The lowest BCUT2D eigenvalue weighted by molar-refractivity contribution is 1.17. The maximum absolute atomic E-state index is 2.46. The molecule has 2 heteroatoms. The normalized spacial score (nSPS) is 11.7. The summed E-state index contributed by atoms with van der Waals surface area (Å²) >= 11 is 0. The van der Waals surface area contributed by atoms with Crippen LogP contribution in [0.15, 0.2) is 206 Å². The maximum Gasteiger partial charge on any atom is 0.0782 e. The zero-order valence-corrected chi connectivity index (χ0v) is 29.5. The lowest BCUT2D eigenvalue weighted by Crippen LogP contribution is -2.12. The summed E-state index contributed by atoms with van der Waals surface area (Å²) < 4.78 is 2.43. The molecule has 1 aromatic heterocycles. The number of nitrogens with zero attached hydrogens (tertiary/aromatic N) is 2. The van der Waals surface area contributed by atoms with E-state index in [0.29, 0.717) is 0 Å². The molecule has 0 unspecified atom stereocenters. The topological polar surface area (TPSA) is 8.17 Å². The van der Waals surface area contributed by atoms with Crippen LogP contribution in [0.3, 0.4) is 0 Å². The van der Waals surface area contributed by atoms with Gasteiger partial charge in [0.2, 0.25) is 0 Å². The minimum absolute atomic E-state index is 1.10. The van der Waals surface area contributed by atoms with Crippen molar-refractivity contribution in [3.05, 3.63) is 206 Å². The van der Waals surface area contributed by atoms with E-state index in [9.17, 15) is 0 Å². The van der Waals surface area contributed by atoms with E-state index in [2.05, 4.69) is 216 Å². The van der Waals surface area contributed by atoms with Gasteiger partial charge in [-0.1, -0.05) is 152 Å². The maximum atomic E-state index is 2.46. The largest absolute Gasteiger partial charge is 0.308 e. The van der Waals surface area contributed by atoms with Gasteiger partial charge in [-0.25, -0.2) is 0 Å². The summed E-state index contributed by atoms with van der Waals surface area (Å²) in [6.07, 6.45) is 0. The van der Waals surface area contributed by atoms with Crippen molar-refractivity contribution in [3.63, 3.8) is 0 Å². The number of rotatable bonds is 5. The van der Waals surface area contributed by atoms with Gasteiger partial charge in [0.25, 0.3) is 0 Å². The third-order valence-electron chi connectivity index (χ3n) is 11.1. The second-order valence-electron chi connectivity index (χ2n) is 14.2. The Labute approximate surface area is 313 Å². The first kappa shape index (κ1) is 30.5. The third kappa shape index (κ3) is 4.81. The molecule has 11 aromatic rings. The molecule has 0 saturated heterocycles. The van der Waals surface area contributed by atoms with E-state index in [0.717, 1.165) is 22.7 Å². The highest BCUT2D eigenvalue weighted by Gasteiger charge is 2.22. The first-order chi connectivity index (χ1) is 26.8. The Balaban J connectivity index is 1.21. The molecule has 0 amide bonds. The van der Waals surface area contributed by atoms with Crippen LogP contribution in [-0.4, -0.2) is 4.57 Å². The summed E-state index contributed by atoms with van der Waals surface area (Å²) in [6.45, 7) is 0. The zero-order chi connectivity index (χ0) is 35.6. The van der Waals surface area contributed by atoms with Crippen molar-refractivity contribution in [2.45, 2.75) is 0 Å². The molecule has 0 aliphatic rings. The van der Waals surface area contributed by atoms with E-state index >= 15 is 0 Å². The average molecular weight is 687 g/mol. The molecule has 0 bridgehead atoms. The van der Waals surface area contributed by atoms with Crippen LogP contribution in [0.5, 0.6) is 0 Å². The second kappa shape index (κ2) is 12.2. The number of para-hydroxylation sites is 3. The predicted molar refractivity (Wildman–Crippen MR) is 231 cm³/mol. The molecule has 252 valence electrons. The lowest BCUT2D eigenvalue weighted by atomic mass is 9.96. The zero-order valence-electron chi connectivity index (χ0n) is 29.5. The van der Waals surface area contributed by atoms with E-state index in [1.165, 1.54) is 76.0 Å². The fourth-order valence-electron chi connectivity index (χ4n) is 8.59. The van der Waals surface area contributed by atoms with Gasteiger partial charge in [-0.2, -0.15) is 0 Å². The SMILES string of the molecule is c1ccc(-n2c3ccccc3c3cccc(N(c4cccc(-c5ccc6ccccc6c5)c4)c4ccc5ccc6c7ccccc7ccc6c5c4)c32)cc1. The molecule has 54 heavy (non-hydrogen) atoms. The third-order valence-corrected chi connectivity index (χ3v) is 11.1. The Morgan fingerprint density at radius 3 is 1.80 bits per heavy atom. The van der Waals surface area contributed by atoms with Crippen LogP contribution in [0.4, 0.5) is 17.1 Å². The van der Waals surface area contributed by atoms with Gasteiger partial charge in [-0.15, -0.1) is 0 Å². The molecule has 0 spiro atoms. The van der Waals surface area contributed by atoms with Crippen LogP contribution in [0, 0.1) is 0 Å². The van der Waals surface area contributed by atoms with E-state index < -0.39 is 0 Å². The number of benzene rings is 10. The highest BCUT2D eigenvalue weighted by atomic mass is 15.2. The van der Waals surface area contributed by atoms with Gasteiger partial charge in [0.15, 0.2) is 0 Å². The van der Waals surface area contributed by atoms with E-state index in [1.807, 2.05) is 0 Å². The second-order valence-corrected chi connectivity index (χ2v) is 14.2. The summed E-state index contributed by atoms with van der Waals surface area (Å²) in [5.41, 5.74) is 9.20. The molecule has 0 aliphatic carbocycles. The summed E-state index contributed by atoms with van der Waals surface area (Å²) in [5, 5.41) is 12.5. The van der Waals surface area contributed by atoms with Gasteiger partial charge in [-0.05, 0) is 109 Å². The van der Waals surface area contributed by atoms with Crippen molar-refractivity contribution in [2.75, 3.05) is 4.90 Å². The Morgan fingerprint density at radius 2 is 0.926 bits per heavy atom. The number of aromatic nitrogens is 1. The van der Waals surface area contributed by atoms with Crippen molar-refractivity contribution in [1.82, 2.24) is 4.57 Å². The summed E-state index contributed by atoms with van der Waals surface area (Å²) in [7, 11) is 0. The molecular weight excluding hydrogens is 653 g/mol. The Bertz CT molecular complexity index is 3230. The monoisotopic (exact) mass is 686 g/mol. The molecule has 0 atom stereocenters. The predicted octanol–water partition coefficient (Wildman–Crippen LogP) is 14.5. The lowest BCUT2D eigenvalue weighted by Gasteiger charge is -2.28. The van der Waals surface area contributed by atoms with E-state index in [4.69, 9.17) is 0 Å². The number of hydrogen-bond donors (Lipinski definition) is 0. The fourth-order valence-corrected chi connectivity index (χ4v) is 8.59. The molecule has 0 aliphatic heterocycles. The number of hydrogen-bond acceptors (Lipinski definition) is 1. The highest BCUT2D eigenvalue weighted by molar-refractivity contribution is 6.18. The van der Waals surface area contributed by atoms with Gasteiger partial charge in [-0.3, -0.25) is 0 Å². The Hall–Kier alpha value is -7.16. The van der Waals surface area contributed by atoms with Crippen molar-refractivity contribution in [3.8, 4) is 16.8 Å². The van der Waals surface area contributed by atoms with E-state index in [1.54, 1.807) is 0 Å². The highest BCUT2D eigenvalue weighted by Crippen LogP contribution is 2.45. The number of anilines is 3. The van der Waals surface area contributed by atoms with Crippen LogP contribution < -0.4 is 4.90 Å². The van der Waals surface area contributed by atoms with Gasteiger partial charge in [0.05, 0.1) is 16.7 Å². The Kier molecular flexibility index (Phi) is 6.90. The molecular formula is C52H34N2. The molecule has 0 radical (unpaired) electrons. The first-order valence-corrected chi connectivity index (χ1v) is 18.6. The van der Waals surface area contributed by atoms with Crippen LogP contribution in [0.1, 0.15) is 0 Å². The van der Waals surface area contributed by atoms with Crippen LogP contribution >= 0.6 is 0 Å². The quantitative estimate of drug-likeness (QED) is 0.164. The summed E-state index contributed by atoms with van der Waals surface area (Å²) in [6, 6.07) is 75.4. The molecule has 1 heterocycles. The molecule has 0 N–H and O–H groups in total. The van der Waals surface area contributed by atoms with Crippen LogP contribution in [0.2, 0.25) is 0 Å². The van der Waals surface area contributed by atoms with Crippen molar-refractivity contribution in [1.29, 1.82) is 0 Å². The minimum Gasteiger partial charge on any atom is -0.308 e. The smallest absolute Gasteiger partial charge is 0.0782 e. The van der Waals surface area contributed by atoms with Crippen molar-refractivity contribution < 1.29 is 0 Å². The summed E-state index contributed by atoms with van der Waals surface area (Å²) in [5.74, 6) is 0. The Morgan fingerprint density at radius 1 is 0.315 bits per heavy atom. The molecule has 2 nitrogen and oxygen atoms in total. The van der Waals surface area contributed by atoms with Crippen molar-refractivity contribution in [2.24, 2.45) is 0 Å². The molecule has 0 fully saturated rings. The van der Waals surface area contributed by atoms with Crippen LogP contribution in [-0.2, 0) is 0 Å². The van der Waals surface area contributed by atoms with Crippen LogP contribution in [0.25, 0.3) is 81.7 Å². The first-order valence-electron chi connectivity index (χ1n) is 18.6.